The van der Waals surface area contributed by atoms with Crippen LogP contribution >= 0.6 is 0 Å². The van der Waals surface area contributed by atoms with Crippen molar-refractivity contribution in [1.29, 1.82) is 0 Å². The molecule has 0 spiro atoms. The van der Waals surface area contributed by atoms with Gasteiger partial charge in [0.25, 0.3) is 0 Å². The number of hydrogen-bond donors (Lipinski definition) is 2. The van der Waals surface area contributed by atoms with Crippen molar-refractivity contribution in [2.24, 2.45) is 5.10 Å². The number of benzene rings is 1. The average molecular weight is 349 g/mol. The summed E-state index contributed by atoms with van der Waals surface area (Å²) in [4.78, 5) is 23.3. The second-order valence-electron chi connectivity index (χ2n) is 6.59. The van der Waals surface area contributed by atoms with Gasteiger partial charge >= 0.3 is 6.09 Å². The molecular formula is C18H27N3O4. The lowest BCUT2D eigenvalue weighted by Gasteiger charge is -2.18. The zero-order valence-corrected chi connectivity index (χ0v) is 15.5. The molecule has 0 aliphatic heterocycles. The van der Waals surface area contributed by atoms with Gasteiger partial charge in [-0.15, -0.1) is 0 Å². The predicted molar refractivity (Wildman–Crippen MR) is 96.8 cm³/mol. The minimum atomic E-state index is -0.647. The SMILES string of the molecule is COc1ccc(CCNC(=O)C/C(C)=N/NC(=O)OC(C)(C)C)cc1. The summed E-state index contributed by atoms with van der Waals surface area (Å²) in [5.74, 6) is 0.651. The Morgan fingerprint density at radius 3 is 2.36 bits per heavy atom. The minimum absolute atomic E-state index is 0.110. The summed E-state index contributed by atoms with van der Waals surface area (Å²) in [6, 6.07) is 7.69. The largest absolute Gasteiger partial charge is 0.497 e. The molecule has 1 rings (SSSR count). The topological polar surface area (TPSA) is 89.0 Å². The Morgan fingerprint density at radius 1 is 1.16 bits per heavy atom. The molecule has 0 unspecified atom stereocenters. The number of hydrogen-bond acceptors (Lipinski definition) is 5. The van der Waals surface area contributed by atoms with Gasteiger partial charge in [0, 0.05) is 12.3 Å². The number of ether oxygens (including phenoxy) is 2. The zero-order valence-electron chi connectivity index (χ0n) is 15.5. The molecule has 0 bridgehead atoms. The third-order valence-corrected chi connectivity index (χ3v) is 3.05. The Hall–Kier alpha value is -2.57. The van der Waals surface area contributed by atoms with Crippen LogP contribution in [-0.4, -0.2) is 37.0 Å². The molecule has 0 radical (unpaired) electrons. The van der Waals surface area contributed by atoms with Gasteiger partial charge in [0.2, 0.25) is 5.91 Å². The summed E-state index contributed by atoms with van der Waals surface area (Å²) in [5, 5.41) is 6.67. The molecule has 0 saturated carbocycles. The molecule has 0 atom stereocenters. The van der Waals surface area contributed by atoms with E-state index in [0.717, 1.165) is 17.7 Å². The molecule has 2 N–H and O–H groups in total. The van der Waals surface area contributed by atoms with Gasteiger partial charge < -0.3 is 14.8 Å². The smallest absolute Gasteiger partial charge is 0.428 e. The third kappa shape index (κ3) is 9.34. The number of amides is 2. The molecule has 138 valence electrons. The van der Waals surface area contributed by atoms with Crippen molar-refractivity contribution >= 4 is 17.7 Å². The van der Waals surface area contributed by atoms with Crippen LogP contribution in [0.1, 0.15) is 39.7 Å². The van der Waals surface area contributed by atoms with Crippen LogP contribution in [0.4, 0.5) is 4.79 Å². The minimum Gasteiger partial charge on any atom is -0.497 e. The molecule has 0 fully saturated rings. The van der Waals surface area contributed by atoms with E-state index in [0.29, 0.717) is 12.3 Å². The van der Waals surface area contributed by atoms with E-state index in [-0.39, 0.29) is 12.3 Å². The van der Waals surface area contributed by atoms with Crippen LogP contribution in [0.3, 0.4) is 0 Å². The van der Waals surface area contributed by atoms with E-state index in [4.69, 9.17) is 9.47 Å². The molecule has 0 aliphatic carbocycles. The van der Waals surface area contributed by atoms with Gasteiger partial charge in [0.15, 0.2) is 0 Å². The zero-order chi connectivity index (χ0) is 18.9. The first kappa shape index (κ1) is 20.5. The van der Waals surface area contributed by atoms with Crippen molar-refractivity contribution in [2.75, 3.05) is 13.7 Å². The first-order valence-electron chi connectivity index (χ1n) is 8.11. The molecule has 2 amide bonds. The molecule has 1 aromatic rings. The second-order valence-corrected chi connectivity index (χ2v) is 6.59. The number of methoxy groups -OCH3 is 1. The highest BCUT2D eigenvalue weighted by molar-refractivity contribution is 6.00. The third-order valence-electron chi connectivity index (χ3n) is 3.05. The van der Waals surface area contributed by atoms with E-state index in [2.05, 4.69) is 15.8 Å². The second kappa shape index (κ2) is 9.66. The van der Waals surface area contributed by atoms with Crippen molar-refractivity contribution in [2.45, 2.75) is 46.1 Å². The number of carbonyl (C=O) groups is 2. The Kier molecular flexibility index (Phi) is 7.91. The molecule has 0 heterocycles. The van der Waals surface area contributed by atoms with Crippen LogP contribution in [-0.2, 0) is 16.0 Å². The fourth-order valence-corrected chi connectivity index (χ4v) is 1.91. The maximum absolute atomic E-state index is 11.9. The molecular weight excluding hydrogens is 322 g/mol. The summed E-state index contributed by atoms with van der Waals surface area (Å²) < 4.78 is 10.2. The highest BCUT2D eigenvalue weighted by Crippen LogP contribution is 2.11. The number of rotatable bonds is 7. The highest BCUT2D eigenvalue weighted by atomic mass is 16.6. The van der Waals surface area contributed by atoms with Crippen LogP contribution < -0.4 is 15.5 Å². The van der Waals surface area contributed by atoms with Gasteiger partial charge in [-0.2, -0.15) is 5.10 Å². The normalized spacial score (nSPS) is 11.6. The van der Waals surface area contributed by atoms with Gasteiger partial charge in [-0.05, 0) is 51.8 Å². The molecule has 25 heavy (non-hydrogen) atoms. The standard InChI is InChI=1S/C18H27N3O4/c1-13(20-21-17(23)25-18(2,3)4)12-16(22)19-11-10-14-6-8-15(24-5)9-7-14/h6-9H,10-12H2,1-5H3,(H,19,22)(H,21,23)/b20-13+. The predicted octanol–water partition coefficient (Wildman–Crippen LogP) is 2.64. The van der Waals surface area contributed by atoms with Gasteiger partial charge in [-0.25, -0.2) is 10.2 Å². The van der Waals surface area contributed by atoms with Crippen LogP contribution in [0.25, 0.3) is 0 Å². The number of nitrogens with one attached hydrogen (secondary N) is 2. The number of nitrogens with zero attached hydrogens (tertiary/aromatic N) is 1. The Balaban J connectivity index is 2.30. The van der Waals surface area contributed by atoms with Gasteiger partial charge in [-0.1, -0.05) is 12.1 Å². The summed E-state index contributed by atoms with van der Waals surface area (Å²) in [6.07, 6.45) is 0.187. The average Bonchev–Trinajstić information content (AvgIpc) is 2.52. The molecule has 0 aliphatic rings. The number of hydrazone groups is 1. The summed E-state index contributed by atoms with van der Waals surface area (Å²) in [7, 11) is 1.62. The van der Waals surface area contributed by atoms with Gasteiger partial charge in [0.05, 0.1) is 13.5 Å². The lowest BCUT2D eigenvalue weighted by Crippen LogP contribution is -2.31. The fourth-order valence-electron chi connectivity index (χ4n) is 1.91. The first-order valence-corrected chi connectivity index (χ1v) is 8.11. The molecule has 0 aromatic heterocycles. The van der Waals surface area contributed by atoms with Crippen LogP contribution in [0.5, 0.6) is 5.75 Å². The molecule has 0 saturated heterocycles. The quantitative estimate of drug-likeness (QED) is 0.585. The maximum Gasteiger partial charge on any atom is 0.428 e. The lowest BCUT2D eigenvalue weighted by molar-refractivity contribution is -0.119. The Bertz CT molecular complexity index is 604. The van der Waals surface area contributed by atoms with Crippen molar-refractivity contribution in [1.82, 2.24) is 10.7 Å². The van der Waals surface area contributed by atoms with Gasteiger partial charge in [0.1, 0.15) is 11.4 Å². The fraction of sp³-hybridized carbons (Fsp3) is 0.500. The van der Waals surface area contributed by atoms with Crippen molar-refractivity contribution in [3.63, 3.8) is 0 Å². The highest BCUT2D eigenvalue weighted by Gasteiger charge is 2.15. The number of carbonyl (C=O) groups excluding carboxylic acids is 2. The van der Waals surface area contributed by atoms with Crippen molar-refractivity contribution in [3.8, 4) is 5.75 Å². The van der Waals surface area contributed by atoms with E-state index in [1.165, 1.54) is 0 Å². The van der Waals surface area contributed by atoms with Crippen LogP contribution in [0.2, 0.25) is 0 Å². The summed E-state index contributed by atoms with van der Waals surface area (Å²) in [5.41, 5.74) is 3.28. The first-order chi connectivity index (χ1) is 11.7. The van der Waals surface area contributed by atoms with E-state index in [1.807, 2.05) is 24.3 Å². The van der Waals surface area contributed by atoms with E-state index < -0.39 is 11.7 Å². The van der Waals surface area contributed by atoms with Crippen molar-refractivity contribution < 1.29 is 19.1 Å². The molecule has 7 nitrogen and oxygen atoms in total. The lowest BCUT2D eigenvalue weighted by atomic mass is 10.1. The van der Waals surface area contributed by atoms with Crippen molar-refractivity contribution in [3.05, 3.63) is 29.8 Å². The Morgan fingerprint density at radius 2 is 1.80 bits per heavy atom. The van der Waals surface area contributed by atoms with E-state index in [9.17, 15) is 9.59 Å². The van der Waals surface area contributed by atoms with E-state index >= 15 is 0 Å². The molecule has 7 heteroatoms. The van der Waals surface area contributed by atoms with Crippen LogP contribution in [0, 0.1) is 0 Å². The molecule has 1 aromatic carbocycles. The summed E-state index contributed by atoms with van der Waals surface area (Å²) in [6.45, 7) is 7.48. The Labute approximate surface area is 148 Å². The maximum atomic E-state index is 11.9. The summed E-state index contributed by atoms with van der Waals surface area (Å²) >= 11 is 0. The van der Waals surface area contributed by atoms with E-state index in [1.54, 1.807) is 34.8 Å². The van der Waals surface area contributed by atoms with Crippen LogP contribution in [0.15, 0.2) is 29.4 Å². The van der Waals surface area contributed by atoms with Gasteiger partial charge in [-0.3, -0.25) is 4.79 Å². The monoisotopic (exact) mass is 349 g/mol.